The van der Waals surface area contributed by atoms with Crippen LogP contribution in [0.4, 0.5) is 8.78 Å². The highest BCUT2D eigenvalue weighted by Gasteiger charge is 2.26. The second-order valence-corrected chi connectivity index (χ2v) is 7.78. The Morgan fingerprint density at radius 3 is 2.47 bits per heavy atom. The van der Waals surface area contributed by atoms with Gasteiger partial charge in [0.25, 0.3) is 5.56 Å². The zero-order chi connectivity index (χ0) is 21.1. The lowest BCUT2D eigenvalue weighted by atomic mass is 9.93. The number of benzene rings is 2. The largest absolute Gasteiger partial charge is 0.334 e. The lowest BCUT2D eigenvalue weighted by Crippen LogP contribution is -2.43. The average Bonchev–Trinajstić information content (AvgIpc) is 2.76. The molecule has 0 radical (unpaired) electrons. The molecule has 1 heterocycles. The Kier molecular flexibility index (Phi) is 5.88. The van der Waals surface area contributed by atoms with Crippen LogP contribution in [-0.2, 0) is 17.9 Å². The molecule has 0 saturated heterocycles. The molecule has 1 saturated carbocycles. The van der Waals surface area contributed by atoms with E-state index >= 15 is 0 Å². The van der Waals surface area contributed by atoms with Gasteiger partial charge in [-0.15, -0.1) is 0 Å². The van der Waals surface area contributed by atoms with Gasteiger partial charge in [-0.1, -0.05) is 31.4 Å². The molecule has 7 heteroatoms. The molecule has 1 aliphatic carbocycles. The fraction of sp³-hybridized carbons (Fsp3) is 0.348. The van der Waals surface area contributed by atoms with Crippen molar-refractivity contribution in [3.63, 3.8) is 0 Å². The van der Waals surface area contributed by atoms with E-state index in [2.05, 4.69) is 4.98 Å². The third kappa shape index (κ3) is 4.40. The average molecular weight is 411 g/mol. The fourth-order valence-electron chi connectivity index (χ4n) is 4.08. The number of nitrogens with zero attached hydrogens (tertiary/aromatic N) is 3. The molecule has 30 heavy (non-hydrogen) atoms. The van der Waals surface area contributed by atoms with Crippen LogP contribution >= 0.6 is 0 Å². The van der Waals surface area contributed by atoms with Crippen LogP contribution in [0.3, 0.4) is 0 Å². The predicted molar refractivity (Wildman–Crippen MR) is 110 cm³/mol. The van der Waals surface area contributed by atoms with Crippen molar-refractivity contribution >= 4 is 16.8 Å². The van der Waals surface area contributed by atoms with Gasteiger partial charge in [0, 0.05) is 12.6 Å². The van der Waals surface area contributed by atoms with E-state index in [1.54, 1.807) is 17.0 Å². The van der Waals surface area contributed by atoms with Crippen LogP contribution in [0.1, 0.15) is 37.7 Å². The summed E-state index contributed by atoms with van der Waals surface area (Å²) in [6.45, 7) is 0.185. The Morgan fingerprint density at radius 2 is 1.73 bits per heavy atom. The van der Waals surface area contributed by atoms with Gasteiger partial charge >= 0.3 is 0 Å². The van der Waals surface area contributed by atoms with Crippen LogP contribution in [0.5, 0.6) is 0 Å². The maximum absolute atomic E-state index is 13.6. The minimum absolute atomic E-state index is 0.0814. The Labute approximate surface area is 173 Å². The van der Waals surface area contributed by atoms with E-state index < -0.39 is 11.4 Å². The van der Waals surface area contributed by atoms with Crippen molar-refractivity contribution in [2.75, 3.05) is 0 Å². The van der Waals surface area contributed by atoms with Gasteiger partial charge in [-0.2, -0.15) is 0 Å². The molecule has 3 aromatic rings. The lowest BCUT2D eigenvalue weighted by molar-refractivity contribution is -0.135. The SMILES string of the molecule is O=C(Cn1cnc2ccc(F)cc2c1=O)N(Cc1ccc(F)cc1)C1CCCCC1. The summed E-state index contributed by atoms with van der Waals surface area (Å²) in [6.07, 6.45) is 6.39. The summed E-state index contributed by atoms with van der Waals surface area (Å²) in [4.78, 5) is 32.0. The summed E-state index contributed by atoms with van der Waals surface area (Å²) in [6, 6.07) is 10.0. The monoisotopic (exact) mass is 411 g/mol. The van der Waals surface area contributed by atoms with Crippen LogP contribution in [0.2, 0.25) is 0 Å². The molecule has 1 aliphatic rings. The number of halogens is 2. The van der Waals surface area contributed by atoms with Crippen molar-refractivity contribution in [3.8, 4) is 0 Å². The van der Waals surface area contributed by atoms with Gasteiger partial charge < -0.3 is 4.90 Å². The molecule has 0 bridgehead atoms. The summed E-state index contributed by atoms with van der Waals surface area (Å²) in [5, 5.41) is 0.146. The molecule has 5 nitrogen and oxygen atoms in total. The molecule has 0 unspecified atom stereocenters. The zero-order valence-electron chi connectivity index (χ0n) is 16.6. The van der Waals surface area contributed by atoms with Gasteiger partial charge in [0.1, 0.15) is 18.2 Å². The van der Waals surface area contributed by atoms with Gasteiger partial charge in [-0.25, -0.2) is 13.8 Å². The number of amides is 1. The second kappa shape index (κ2) is 8.73. The lowest BCUT2D eigenvalue weighted by Gasteiger charge is -2.34. The highest BCUT2D eigenvalue weighted by molar-refractivity contribution is 5.79. The summed E-state index contributed by atoms with van der Waals surface area (Å²) in [5.41, 5.74) is 0.778. The van der Waals surface area contributed by atoms with Gasteiger partial charge in [-0.3, -0.25) is 14.2 Å². The van der Waals surface area contributed by atoms with Crippen molar-refractivity contribution in [3.05, 3.63) is 76.3 Å². The van der Waals surface area contributed by atoms with E-state index in [-0.39, 0.29) is 29.7 Å². The fourth-order valence-corrected chi connectivity index (χ4v) is 4.08. The summed E-state index contributed by atoms with van der Waals surface area (Å²) in [5.74, 6) is -1.05. The molecule has 2 aromatic carbocycles. The molecule has 0 aliphatic heterocycles. The minimum atomic E-state index is -0.523. The van der Waals surface area contributed by atoms with E-state index in [1.807, 2.05) is 0 Å². The Bertz CT molecular complexity index is 1110. The topological polar surface area (TPSA) is 55.2 Å². The number of carbonyl (C=O) groups is 1. The van der Waals surface area contributed by atoms with Crippen molar-refractivity contribution in [2.24, 2.45) is 0 Å². The van der Waals surface area contributed by atoms with Crippen molar-refractivity contribution in [2.45, 2.75) is 51.2 Å². The van der Waals surface area contributed by atoms with Crippen molar-refractivity contribution in [1.82, 2.24) is 14.5 Å². The van der Waals surface area contributed by atoms with Crippen LogP contribution in [0.15, 0.2) is 53.6 Å². The molecule has 1 amide bonds. The molecule has 0 N–H and O–H groups in total. The van der Waals surface area contributed by atoms with Crippen LogP contribution in [-0.4, -0.2) is 26.4 Å². The van der Waals surface area contributed by atoms with E-state index in [4.69, 9.17) is 0 Å². The van der Waals surface area contributed by atoms with Crippen LogP contribution in [0.25, 0.3) is 10.9 Å². The normalized spacial score (nSPS) is 14.7. The highest BCUT2D eigenvalue weighted by atomic mass is 19.1. The smallest absolute Gasteiger partial charge is 0.261 e. The van der Waals surface area contributed by atoms with E-state index in [0.717, 1.165) is 43.7 Å². The minimum Gasteiger partial charge on any atom is -0.334 e. The quantitative estimate of drug-likeness (QED) is 0.637. The van der Waals surface area contributed by atoms with Crippen molar-refractivity contribution < 1.29 is 13.6 Å². The summed E-state index contributed by atoms with van der Waals surface area (Å²) < 4.78 is 28.1. The first-order valence-electron chi connectivity index (χ1n) is 10.2. The number of fused-ring (bicyclic) bond motifs is 1. The van der Waals surface area contributed by atoms with E-state index in [1.165, 1.54) is 35.2 Å². The van der Waals surface area contributed by atoms with Gasteiger partial charge in [0.2, 0.25) is 5.91 Å². The van der Waals surface area contributed by atoms with Gasteiger partial charge in [0.05, 0.1) is 17.2 Å². The van der Waals surface area contributed by atoms with E-state index in [9.17, 15) is 18.4 Å². The second-order valence-electron chi connectivity index (χ2n) is 7.78. The predicted octanol–water partition coefficient (Wildman–Crippen LogP) is 4.04. The molecule has 156 valence electrons. The number of rotatable bonds is 5. The standard InChI is InChI=1S/C23H23F2N3O2/c24-17-8-6-16(7-9-17)13-28(19-4-2-1-3-5-19)22(29)14-27-15-26-21-11-10-18(25)12-20(21)23(27)30/h6-12,15,19H,1-5,13-14H2. The molecular weight excluding hydrogens is 388 g/mol. The van der Waals surface area contributed by atoms with Gasteiger partial charge in [-0.05, 0) is 48.7 Å². The van der Waals surface area contributed by atoms with Crippen molar-refractivity contribution in [1.29, 1.82) is 0 Å². The number of hydrogen-bond acceptors (Lipinski definition) is 3. The van der Waals surface area contributed by atoms with Gasteiger partial charge in [0.15, 0.2) is 0 Å². The first-order valence-corrected chi connectivity index (χ1v) is 10.2. The molecular formula is C23H23F2N3O2. The number of aromatic nitrogens is 2. The Hall–Kier alpha value is -3.09. The van der Waals surface area contributed by atoms with Crippen LogP contribution < -0.4 is 5.56 Å². The first kappa shape index (κ1) is 20.2. The zero-order valence-corrected chi connectivity index (χ0v) is 16.6. The Balaban J connectivity index is 1.61. The number of carbonyl (C=O) groups excluding carboxylic acids is 1. The molecule has 1 fully saturated rings. The maximum atomic E-state index is 13.6. The molecule has 0 atom stereocenters. The third-order valence-electron chi connectivity index (χ3n) is 5.69. The molecule has 0 spiro atoms. The van der Waals surface area contributed by atoms with E-state index in [0.29, 0.717) is 12.1 Å². The first-order chi connectivity index (χ1) is 14.5. The van der Waals surface area contributed by atoms with Crippen LogP contribution in [0, 0.1) is 11.6 Å². The maximum Gasteiger partial charge on any atom is 0.261 e. The molecule has 1 aromatic heterocycles. The molecule has 4 rings (SSSR count). The summed E-state index contributed by atoms with van der Waals surface area (Å²) in [7, 11) is 0. The summed E-state index contributed by atoms with van der Waals surface area (Å²) >= 11 is 0. The third-order valence-corrected chi connectivity index (χ3v) is 5.69. The number of hydrogen-bond donors (Lipinski definition) is 0. The Morgan fingerprint density at radius 1 is 1.03 bits per heavy atom. The highest BCUT2D eigenvalue weighted by Crippen LogP contribution is 2.24.